The number of hydrogen-bond acceptors (Lipinski definition) is 9. The molecule has 1 aliphatic carbocycles. The summed E-state index contributed by atoms with van der Waals surface area (Å²) in [7, 11) is 0. The maximum absolute atomic E-state index is 14.1. The second kappa shape index (κ2) is 13.2. The molecule has 0 bridgehead atoms. The molecule has 2 fully saturated rings. The molecular formula is C27H36F2N8O3. The Labute approximate surface area is 231 Å². The third kappa shape index (κ3) is 6.75. The number of carbonyl (C=O) groups is 1. The number of unbranched alkanes of at least 4 members (excludes halogenated alkanes) is 1. The van der Waals surface area contributed by atoms with Crippen LogP contribution >= 0.6 is 0 Å². The second-order valence-corrected chi connectivity index (χ2v) is 10.2. The normalized spacial score (nSPS) is 19.6. The molecule has 13 heteroatoms. The molecule has 2 N–H and O–H groups in total. The molecule has 0 radical (unpaired) electrons. The molecule has 0 aromatic carbocycles. The van der Waals surface area contributed by atoms with Crippen LogP contribution in [0.5, 0.6) is 0 Å². The highest BCUT2D eigenvalue weighted by molar-refractivity contribution is 5.74. The minimum atomic E-state index is -2.81. The van der Waals surface area contributed by atoms with Crippen LogP contribution in [0.2, 0.25) is 0 Å². The third-order valence-corrected chi connectivity index (χ3v) is 7.36. The van der Waals surface area contributed by atoms with E-state index in [0.29, 0.717) is 68.5 Å². The van der Waals surface area contributed by atoms with Crippen molar-refractivity contribution in [2.75, 3.05) is 49.7 Å². The Morgan fingerprint density at radius 3 is 2.67 bits per heavy atom. The van der Waals surface area contributed by atoms with Crippen molar-refractivity contribution in [1.29, 1.82) is 0 Å². The van der Waals surface area contributed by atoms with Gasteiger partial charge in [-0.1, -0.05) is 13.3 Å². The van der Waals surface area contributed by atoms with Crippen molar-refractivity contribution in [3.8, 4) is 5.82 Å². The molecule has 1 saturated heterocycles. The summed E-state index contributed by atoms with van der Waals surface area (Å²) in [4.78, 5) is 31.7. The highest BCUT2D eigenvalue weighted by Gasteiger charge is 2.25. The quantitative estimate of drug-likeness (QED) is 0.347. The first-order valence-electron chi connectivity index (χ1n) is 14.0. The van der Waals surface area contributed by atoms with Crippen LogP contribution in [0.25, 0.3) is 17.0 Å². The first-order chi connectivity index (χ1) is 19.5. The molecule has 3 aromatic heterocycles. The van der Waals surface area contributed by atoms with Crippen LogP contribution in [0.1, 0.15) is 57.7 Å². The van der Waals surface area contributed by atoms with E-state index in [4.69, 9.17) is 14.5 Å². The lowest BCUT2D eigenvalue weighted by Crippen LogP contribution is -2.39. The van der Waals surface area contributed by atoms with Gasteiger partial charge in [-0.2, -0.15) is 9.97 Å². The van der Waals surface area contributed by atoms with Crippen LogP contribution in [0.4, 0.5) is 25.3 Å². The summed E-state index contributed by atoms with van der Waals surface area (Å²) in [6.45, 7) is 5.53. The zero-order chi connectivity index (χ0) is 27.9. The van der Waals surface area contributed by atoms with Crippen LogP contribution in [-0.2, 0) is 9.47 Å². The topological polar surface area (TPSA) is 119 Å². The lowest BCUT2D eigenvalue weighted by molar-refractivity contribution is 0.122. The van der Waals surface area contributed by atoms with Gasteiger partial charge in [0.2, 0.25) is 5.95 Å². The molecule has 1 aliphatic heterocycles. The highest BCUT2D eigenvalue weighted by Crippen LogP contribution is 2.29. The molecule has 11 nitrogen and oxygen atoms in total. The number of halogens is 2. The number of rotatable bonds is 10. The summed E-state index contributed by atoms with van der Waals surface area (Å²) in [6, 6.07) is 5.22. The Kier molecular flexibility index (Phi) is 9.19. The van der Waals surface area contributed by atoms with Gasteiger partial charge in [0.25, 0.3) is 6.43 Å². The second-order valence-electron chi connectivity index (χ2n) is 10.2. The number of alkyl halides is 2. The van der Waals surface area contributed by atoms with E-state index in [9.17, 15) is 13.6 Å². The average Bonchev–Trinajstić information content (AvgIpc) is 3.38. The number of amides is 1. The number of anilines is 2. The number of carbonyl (C=O) groups excluding carboxylic acids is 1. The maximum Gasteiger partial charge on any atom is 0.407 e. The largest absolute Gasteiger partial charge is 0.450 e. The number of alkyl carbamates (subject to hydrolysis) is 1. The molecule has 0 atom stereocenters. The Balaban J connectivity index is 1.31. The summed E-state index contributed by atoms with van der Waals surface area (Å²) < 4.78 is 40.2. The predicted octanol–water partition coefficient (Wildman–Crippen LogP) is 4.48. The van der Waals surface area contributed by atoms with Crippen LogP contribution in [0.3, 0.4) is 0 Å². The molecule has 3 aromatic rings. The zero-order valence-corrected chi connectivity index (χ0v) is 22.7. The fourth-order valence-corrected chi connectivity index (χ4v) is 5.15. The number of hydrogen-bond donors (Lipinski definition) is 2. The van der Waals surface area contributed by atoms with Gasteiger partial charge in [0.05, 0.1) is 25.3 Å². The molecule has 1 amide bonds. The summed E-state index contributed by atoms with van der Waals surface area (Å²) >= 11 is 0. The van der Waals surface area contributed by atoms with Gasteiger partial charge in [-0.15, -0.1) is 0 Å². The summed E-state index contributed by atoms with van der Waals surface area (Å²) in [5.74, 6) is 1.26. The van der Waals surface area contributed by atoms with Gasteiger partial charge in [0.15, 0.2) is 11.5 Å². The lowest BCUT2D eigenvalue weighted by Gasteiger charge is -2.30. The molecule has 2 aliphatic rings. The molecular weight excluding hydrogens is 522 g/mol. The molecule has 0 unspecified atom stereocenters. The summed E-state index contributed by atoms with van der Waals surface area (Å²) in [6.07, 6.45) is 3.80. The predicted molar refractivity (Wildman–Crippen MR) is 146 cm³/mol. The Morgan fingerprint density at radius 1 is 1.15 bits per heavy atom. The Morgan fingerprint density at radius 2 is 1.93 bits per heavy atom. The Bertz CT molecular complexity index is 1280. The van der Waals surface area contributed by atoms with Crippen molar-refractivity contribution in [3.05, 3.63) is 30.2 Å². The minimum Gasteiger partial charge on any atom is -0.450 e. The van der Waals surface area contributed by atoms with Crippen molar-refractivity contribution in [3.63, 3.8) is 0 Å². The standard InChI is InChI=1S/C27H36F2N8O3/c1-2-3-13-40-27(38)32-19-8-6-18(7-9-19)17-31-26-33-21(36-11-14-39-15-12-36)16-22(34-26)37-20-5-4-10-30-24(20)35-25(37)23(28)29/h4-5,10,16,18-19,23H,2-3,6-9,11-15,17H2,1H3,(H,32,38)(H,31,33,34). The number of fused-ring (bicyclic) bond motifs is 1. The fourth-order valence-electron chi connectivity index (χ4n) is 5.15. The number of ether oxygens (including phenoxy) is 2. The van der Waals surface area contributed by atoms with Crippen molar-refractivity contribution in [1.82, 2.24) is 29.8 Å². The molecule has 40 heavy (non-hydrogen) atoms. The van der Waals surface area contributed by atoms with Crippen molar-refractivity contribution in [2.24, 2.45) is 5.92 Å². The van der Waals surface area contributed by atoms with Gasteiger partial charge in [-0.05, 0) is 50.2 Å². The minimum absolute atomic E-state index is 0.105. The van der Waals surface area contributed by atoms with E-state index in [1.54, 1.807) is 18.2 Å². The SMILES string of the molecule is CCCCOC(=O)NC1CCC(CNc2nc(N3CCOCC3)cc(-n3c(C(F)F)nc4ncccc43)n2)CC1. The molecule has 4 heterocycles. The zero-order valence-electron chi connectivity index (χ0n) is 22.7. The van der Waals surface area contributed by atoms with Crippen LogP contribution in [0.15, 0.2) is 24.4 Å². The summed E-state index contributed by atoms with van der Waals surface area (Å²) in [5.41, 5.74) is 0.688. The van der Waals surface area contributed by atoms with Crippen molar-refractivity contribution >= 4 is 29.0 Å². The molecule has 5 rings (SSSR count). The first-order valence-corrected chi connectivity index (χ1v) is 14.0. The number of nitrogens with zero attached hydrogens (tertiary/aromatic N) is 6. The average molecular weight is 559 g/mol. The third-order valence-electron chi connectivity index (χ3n) is 7.36. The maximum atomic E-state index is 14.1. The van der Waals surface area contributed by atoms with E-state index in [2.05, 4.69) is 37.4 Å². The Hall–Kier alpha value is -3.61. The number of nitrogens with one attached hydrogen (secondary N) is 2. The fraction of sp³-hybridized carbons (Fsp3) is 0.593. The number of aromatic nitrogens is 5. The van der Waals surface area contributed by atoms with Crippen LogP contribution < -0.4 is 15.5 Å². The first kappa shape index (κ1) is 27.9. The van der Waals surface area contributed by atoms with E-state index >= 15 is 0 Å². The van der Waals surface area contributed by atoms with Gasteiger partial charge >= 0.3 is 6.09 Å². The lowest BCUT2D eigenvalue weighted by atomic mass is 9.86. The number of pyridine rings is 1. The van der Waals surface area contributed by atoms with E-state index in [1.165, 1.54) is 10.8 Å². The summed E-state index contributed by atoms with van der Waals surface area (Å²) in [5, 5.41) is 6.32. The molecule has 0 spiro atoms. The molecule has 216 valence electrons. The van der Waals surface area contributed by atoms with E-state index < -0.39 is 12.2 Å². The van der Waals surface area contributed by atoms with E-state index in [1.807, 2.05) is 0 Å². The number of morpholine rings is 1. The van der Waals surface area contributed by atoms with Crippen molar-refractivity contribution in [2.45, 2.75) is 57.9 Å². The van der Waals surface area contributed by atoms with Gasteiger partial charge in [-0.25, -0.2) is 23.5 Å². The monoisotopic (exact) mass is 558 g/mol. The van der Waals surface area contributed by atoms with Gasteiger partial charge in [0.1, 0.15) is 11.6 Å². The van der Waals surface area contributed by atoms with Crippen LogP contribution in [-0.4, -0.2) is 76.1 Å². The van der Waals surface area contributed by atoms with Crippen LogP contribution in [0, 0.1) is 5.92 Å². The smallest absolute Gasteiger partial charge is 0.407 e. The van der Waals surface area contributed by atoms with Crippen molar-refractivity contribution < 1.29 is 23.0 Å². The van der Waals surface area contributed by atoms with E-state index in [-0.39, 0.29) is 17.8 Å². The van der Waals surface area contributed by atoms with Gasteiger partial charge in [0, 0.05) is 37.9 Å². The highest BCUT2D eigenvalue weighted by atomic mass is 19.3. The van der Waals surface area contributed by atoms with Gasteiger partial charge in [-0.3, -0.25) is 4.57 Å². The van der Waals surface area contributed by atoms with E-state index in [0.717, 1.165) is 38.5 Å². The number of imidazole rings is 1. The van der Waals surface area contributed by atoms with Gasteiger partial charge < -0.3 is 25.0 Å². The molecule has 1 saturated carbocycles.